The van der Waals surface area contributed by atoms with Crippen LogP contribution in [-0.2, 0) is 17.6 Å². The van der Waals surface area contributed by atoms with Gasteiger partial charge in [0.2, 0.25) is 0 Å². The summed E-state index contributed by atoms with van der Waals surface area (Å²) in [6.45, 7) is 2.79. The molecule has 0 saturated carbocycles. The van der Waals surface area contributed by atoms with Gasteiger partial charge in [-0.1, -0.05) is 0 Å². The molecule has 18 heavy (non-hydrogen) atoms. The van der Waals surface area contributed by atoms with Crippen LogP contribution in [0.15, 0.2) is 6.07 Å². The van der Waals surface area contributed by atoms with Gasteiger partial charge in [-0.15, -0.1) is 0 Å². The highest BCUT2D eigenvalue weighted by atomic mass is 16.5. The lowest BCUT2D eigenvalue weighted by Crippen LogP contribution is -2.40. The van der Waals surface area contributed by atoms with Crippen LogP contribution in [0.2, 0.25) is 0 Å². The first kappa shape index (κ1) is 12.2. The number of aromatic amines is 1. The minimum Gasteiger partial charge on any atom is -0.381 e. The van der Waals surface area contributed by atoms with E-state index in [2.05, 4.69) is 23.0 Å². The molecule has 0 bridgehead atoms. The van der Waals surface area contributed by atoms with Crippen molar-refractivity contribution in [2.24, 2.45) is 5.73 Å². The molecule has 2 unspecified atom stereocenters. The van der Waals surface area contributed by atoms with Crippen molar-refractivity contribution < 1.29 is 4.74 Å². The SMILES string of the molecule is CN1CCC(N)CC1c1cc2c([nH]1)CCOCC2. The number of piperidine rings is 1. The van der Waals surface area contributed by atoms with Crippen molar-refractivity contribution >= 4 is 0 Å². The highest BCUT2D eigenvalue weighted by Crippen LogP contribution is 2.30. The molecule has 0 amide bonds. The van der Waals surface area contributed by atoms with E-state index in [1.165, 1.54) is 17.0 Å². The van der Waals surface area contributed by atoms with Crippen molar-refractivity contribution in [1.29, 1.82) is 0 Å². The van der Waals surface area contributed by atoms with E-state index in [1.54, 1.807) is 0 Å². The molecule has 2 aliphatic heterocycles. The van der Waals surface area contributed by atoms with Gasteiger partial charge in [0.15, 0.2) is 0 Å². The second kappa shape index (κ2) is 5.03. The smallest absolute Gasteiger partial charge is 0.0520 e. The molecular weight excluding hydrogens is 226 g/mol. The number of hydrogen-bond donors (Lipinski definition) is 2. The molecule has 0 aliphatic carbocycles. The second-order valence-corrected chi connectivity index (χ2v) is 5.62. The summed E-state index contributed by atoms with van der Waals surface area (Å²) in [7, 11) is 2.20. The summed E-state index contributed by atoms with van der Waals surface area (Å²) in [6, 6.07) is 3.14. The lowest BCUT2D eigenvalue weighted by atomic mass is 9.96. The van der Waals surface area contributed by atoms with Gasteiger partial charge in [-0.25, -0.2) is 0 Å². The van der Waals surface area contributed by atoms with Gasteiger partial charge in [0, 0.05) is 23.9 Å². The number of nitrogens with two attached hydrogens (primary N) is 1. The van der Waals surface area contributed by atoms with E-state index in [0.717, 1.165) is 45.4 Å². The Morgan fingerprint density at radius 2 is 2.22 bits per heavy atom. The monoisotopic (exact) mass is 249 g/mol. The maximum Gasteiger partial charge on any atom is 0.0520 e. The fourth-order valence-corrected chi connectivity index (χ4v) is 3.12. The van der Waals surface area contributed by atoms with Crippen LogP contribution in [-0.4, -0.2) is 42.7 Å². The molecule has 4 nitrogen and oxygen atoms in total. The molecule has 0 radical (unpaired) electrons. The summed E-state index contributed by atoms with van der Waals surface area (Å²) in [4.78, 5) is 6.04. The number of likely N-dealkylation sites (tertiary alicyclic amines) is 1. The predicted octanol–water partition coefficient (Wildman–Crippen LogP) is 1.22. The molecule has 2 atom stereocenters. The minimum absolute atomic E-state index is 0.345. The van der Waals surface area contributed by atoms with Crippen LogP contribution < -0.4 is 5.73 Å². The van der Waals surface area contributed by atoms with Crippen molar-refractivity contribution in [2.75, 3.05) is 26.8 Å². The van der Waals surface area contributed by atoms with E-state index < -0.39 is 0 Å². The lowest BCUT2D eigenvalue weighted by molar-refractivity contribution is 0.145. The van der Waals surface area contributed by atoms with E-state index in [0.29, 0.717) is 12.1 Å². The quantitative estimate of drug-likeness (QED) is 0.787. The standard InChI is InChI=1S/C14H23N3O/c1-17-5-2-11(15)9-14(17)13-8-10-3-6-18-7-4-12(10)16-13/h8,11,14,16H,2-7,9,15H2,1H3. The van der Waals surface area contributed by atoms with Crippen molar-refractivity contribution in [3.63, 3.8) is 0 Å². The summed E-state index contributed by atoms with van der Waals surface area (Å²) in [6.07, 6.45) is 4.22. The molecule has 3 N–H and O–H groups in total. The average Bonchev–Trinajstić information content (AvgIpc) is 2.63. The Balaban J connectivity index is 1.83. The molecule has 3 heterocycles. The zero-order valence-corrected chi connectivity index (χ0v) is 11.1. The van der Waals surface area contributed by atoms with Gasteiger partial charge in [-0.2, -0.15) is 0 Å². The summed E-state index contributed by atoms with van der Waals surface area (Å²) in [5, 5.41) is 0. The fraction of sp³-hybridized carbons (Fsp3) is 0.714. The number of aromatic nitrogens is 1. The summed E-state index contributed by atoms with van der Waals surface area (Å²) in [5.41, 5.74) is 10.3. The summed E-state index contributed by atoms with van der Waals surface area (Å²) >= 11 is 0. The zero-order valence-electron chi connectivity index (χ0n) is 11.1. The topological polar surface area (TPSA) is 54.3 Å². The van der Waals surface area contributed by atoms with Crippen LogP contribution in [0.4, 0.5) is 0 Å². The first-order chi connectivity index (χ1) is 8.74. The minimum atomic E-state index is 0.345. The van der Waals surface area contributed by atoms with Crippen molar-refractivity contribution in [3.05, 3.63) is 23.0 Å². The molecule has 0 aromatic carbocycles. The third kappa shape index (κ3) is 2.32. The van der Waals surface area contributed by atoms with Gasteiger partial charge >= 0.3 is 0 Å². The maximum absolute atomic E-state index is 6.11. The van der Waals surface area contributed by atoms with Crippen LogP contribution in [0.1, 0.15) is 35.8 Å². The van der Waals surface area contributed by atoms with Crippen LogP contribution in [0.5, 0.6) is 0 Å². The first-order valence-electron chi connectivity index (χ1n) is 6.98. The number of hydrogen-bond acceptors (Lipinski definition) is 3. The van der Waals surface area contributed by atoms with Crippen LogP contribution in [0, 0.1) is 0 Å². The van der Waals surface area contributed by atoms with E-state index in [1.807, 2.05) is 0 Å². The molecule has 3 rings (SSSR count). The van der Waals surface area contributed by atoms with Crippen molar-refractivity contribution in [1.82, 2.24) is 9.88 Å². The molecular formula is C14H23N3O. The fourth-order valence-electron chi connectivity index (χ4n) is 3.12. The molecule has 1 aromatic heterocycles. The number of rotatable bonds is 1. The largest absolute Gasteiger partial charge is 0.381 e. The molecule has 100 valence electrons. The first-order valence-corrected chi connectivity index (χ1v) is 6.98. The molecule has 2 aliphatic rings. The van der Waals surface area contributed by atoms with Crippen LogP contribution >= 0.6 is 0 Å². The van der Waals surface area contributed by atoms with Gasteiger partial charge < -0.3 is 15.5 Å². The molecule has 1 aromatic rings. The number of nitrogens with one attached hydrogen (secondary N) is 1. The molecule has 4 heteroatoms. The Kier molecular flexibility index (Phi) is 3.41. The Labute approximate surface area is 108 Å². The normalized spacial score (nSPS) is 29.9. The van der Waals surface area contributed by atoms with Crippen LogP contribution in [0.3, 0.4) is 0 Å². The van der Waals surface area contributed by atoms with Gasteiger partial charge in [-0.05, 0) is 44.5 Å². The van der Waals surface area contributed by atoms with E-state index in [4.69, 9.17) is 10.5 Å². The Bertz CT molecular complexity index is 392. The van der Waals surface area contributed by atoms with Crippen LogP contribution in [0.25, 0.3) is 0 Å². The molecule has 1 saturated heterocycles. The van der Waals surface area contributed by atoms with E-state index in [-0.39, 0.29) is 0 Å². The number of nitrogens with zero attached hydrogens (tertiary/aromatic N) is 1. The van der Waals surface area contributed by atoms with Gasteiger partial charge in [0.25, 0.3) is 0 Å². The summed E-state index contributed by atoms with van der Waals surface area (Å²) < 4.78 is 5.51. The third-order valence-electron chi connectivity index (χ3n) is 4.29. The van der Waals surface area contributed by atoms with Gasteiger partial charge in [-0.3, -0.25) is 4.90 Å². The third-order valence-corrected chi connectivity index (χ3v) is 4.29. The summed E-state index contributed by atoms with van der Waals surface area (Å²) in [5.74, 6) is 0. The number of H-pyrrole nitrogens is 1. The second-order valence-electron chi connectivity index (χ2n) is 5.62. The van der Waals surface area contributed by atoms with E-state index >= 15 is 0 Å². The average molecular weight is 249 g/mol. The zero-order chi connectivity index (χ0) is 12.5. The Morgan fingerprint density at radius 1 is 1.39 bits per heavy atom. The predicted molar refractivity (Wildman–Crippen MR) is 71.6 cm³/mol. The highest BCUT2D eigenvalue weighted by Gasteiger charge is 2.27. The van der Waals surface area contributed by atoms with Gasteiger partial charge in [0.1, 0.15) is 0 Å². The van der Waals surface area contributed by atoms with Crippen molar-refractivity contribution in [2.45, 2.75) is 37.8 Å². The van der Waals surface area contributed by atoms with E-state index in [9.17, 15) is 0 Å². The maximum atomic E-state index is 6.11. The Morgan fingerprint density at radius 3 is 3.11 bits per heavy atom. The van der Waals surface area contributed by atoms with Gasteiger partial charge in [0.05, 0.1) is 19.3 Å². The lowest BCUT2D eigenvalue weighted by Gasteiger charge is -2.35. The number of fused-ring (bicyclic) bond motifs is 1. The highest BCUT2D eigenvalue weighted by molar-refractivity contribution is 5.29. The Hall–Kier alpha value is -0.840. The molecule has 0 spiro atoms. The molecule has 1 fully saturated rings. The number of ether oxygens (including phenoxy) is 1. The van der Waals surface area contributed by atoms with Crippen molar-refractivity contribution in [3.8, 4) is 0 Å².